The molecule has 0 saturated heterocycles. The highest BCUT2D eigenvalue weighted by molar-refractivity contribution is 6.34. The van der Waals surface area contributed by atoms with Gasteiger partial charge in [-0.05, 0) is 49.2 Å². The fraction of sp³-hybridized carbons (Fsp3) is 0.188. The SMILES string of the molecule is Cc1cccc(OCC(=O)Nc2c(C)cc(N)cc2Cl)c1. The first-order chi connectivity index (χ1) is 9.95. The van der Waals surface area contributed by atoms with Gasteiger partial charge in [0.2, 0.25) is 0 Å². The molecule has 0 radical (unpaired) electrons. The van der Waals surface area contributed by atoms with Gasteiger partial charge in [0, 0.05) is 5.69 Å². The first kappa shape index (κ1) is 15.2. The molecular weight excluding hydrogens is 288 g/mol. The minimum atomic E-state index is -0.272. The Morgan fingerprint density at radius 3 is 2.71 bits per heavy atom. The molecule has 1 amide bonds. The van der Waals surface area contributed by atoms with Gasteiger partial charge in [-0.2, -0.15) is 0 Å². The second-order valence-corrected chi connectivity index (χ2v) is 5.26. The normalized spacial score (nSPS) is 10.2. The Kier molecular flexibility index (Phi) is 4.70. The third-order valence-corrected chi connectivity index (χ3v) is 3.23. The number of anilines is 2. The van der Waals surface area contributed by atoms with E-state index in [4.69, 9.17) is 22.1 Å². The molecule has 0 aliphatic heterocycles. The highest BCUT2D eigenvalue weighted by atomic mass is 35.5. The van der Waals surface area contributed by atoms with E-state index >= 15 is 0 Å². The molecule has 0 aromatic heterocycles. The number of nitrogens with two attached hydrogens (primary N) is 1. The van der Waals surface area contributed by atoms with E-state index < -0.39 is 0 Å². The van der Waals surface area contributed by atoms with Gasteiger partial charge >= 0.3 is 0 Å². The zero-order chi connectivity index (χ0) is 15.4. The van der Waals surface area contributed by atoms with Crippen molar-refractivity contribution in [1.82, 2.24) is 0 Å². The fourth-order valence-electron chi connectivity index (χ4n) is 1.96. The Labute approximate surface area is 128 Å². The Hall–Kier alpha value is -2.20. The number of aryl methyl sites for hydroxylation is 2. The summed E-state index contributed by atoms with van der Waals surface area (Å²) in [5.41, 5.74) is 8.69. The van der Waals surface area contributed by atoms with E-state index in [2.05, 4.69) is 5.32 Å². The van der Waals surface area contributed by atoms with Gasteiger partial charge < -0.3 is 15.8 Å². The van der Waals surface area contributed by atoms with Gasteiger partial charge in [-0.25, -0.2) is 0 Å². The predicted octanol–water partition coefficient (Wildman–Crippen LogP) is 3.56. The Morgan fingerprint density at radius 1 is 1.29 bits per heavy atom. The summed E-state index contributed by atoms with van der Waals surface area (Å²) in [7, 11) is 0. The number of halogens is 1. The smallest absolute Gasteiger partial charge is 0.262 e. The second kappa shape index (κ2) is 6.50. The molecule has 3 N–H and O–H groups in total. The van der Waals surface area contributed by atoms with E-state index in [1.165, 1.54) is 0 Å². The first-order valence-corrected chi connectivity index (χ1v) is 6.88. The molecule has 0 bridgehead atoms. The molecule has 110 valence electrons. The molecule has 2 rings (SSSR count). The van der Waals surface area contributed by atoms with Gasteiger partial charge in [0.15, 0.2) is 6.61 Å². The number of amides is 1. The fourth-order valence-corrected chi connectivity index (χ4v) is 2.28. The quantitative estimate of drug-likeness (QED) is 0.849. The van der Waals surface area contributed by atoms with Gasteiger partial charge in [-0.15, -0.1) is 0 Å². The van der Waals surface area contributed by atoms with Crippen LogP contribution in [0.3, 0.4) is 0 Å². The minimum absolute atomic E-state index is 0.0798. The monoisotopic (exact) mass is 304 g/mol. The predicted molar refractivity (Wildman–Crippen MR) is 85.9 cm³/mol. The maximum atomic E-state index is 11.9. The zero-order valence-corrected chi connectivity index (χ0v) is 12.7. The second-order valence-electron chi connectivity index (χ2n) is 4.85. The molecule has 5 heteroatoms. The number of rotatable bonds is 4. The Bertz CT molecular complexity index is 648. The van der Waals surface area contributed by atoms with Crippen molar-refractivity contribution in [2.45, 2.75) is 13.8 Å². The van der Waals surface area contributed by atoms with E-state index in [9.17, 15) is 4.79 Å². The van der Waals surface area contributed by atoms with Gasteiger partial charge in [-0.3, -0.25) is 4.79 Å². The van der Waals surface area contributed by atoms with Crippen LogP contribution in [-0.4, -0.2) is 12.5 Å². The number of ether oxygens (including phenoxy) is 1. The molecule has 0 heterocycles. The summed E-state index contributed by atoms with van der Waals surface area (Å²) < 4.78 is 5.44. The van der Waals surface area contributed by atoms with Crippen LogP contribution in [0.2, 0.25) is 5.02 Å². The zero-order valence-electron chi connectivity index (χ0n) is 11.9. The summed E-state index contributed by atoms with van der Waals surface area (Å²) in [4.78, 5) is 11.9. The summed E-state index contributed by atoms with van der Waals surface area (Å²) in [6.07, 6.45) is 0. The van der Waals surface area contributed by atoms with Crippen LogP contribution < -0.4 is 15.8 Å². The third kappa shape index (κ3) is 4.13. The number of hydrogen-bond donors (Lipinski definition) is 2. The number of benzene rings is 2. The number of hydrogen-bond acceptors (Lipinski definition) is 3. The van der Waals surface area contributed by atoms with Gasteiger partial charge in [0.25, 0.3) is 5.91 Å². The van der Waals surface area contributed by atoms with Crippen LogP contribution in [0.15, 0.2) is 36.4 Å². The Balaban J connectivity index is 1.99. The number of carbonyl (C=O) groups is 1. The van der Waals surface area contributed by atoms with Crippen molar-refractivity contribution >= 4 is 28.9 Å². The highest BCUT2D eigenvalue weighted by Gasteiger charge is 2.10. The summed E-state index contributed by atoms with van der Waals surface area (Å²) in [5.74, 6) is 0.386. The van der Waals surface area contributed by atoms with Crippen LogP contribution in [0.5, 0.6) is 5.75 Å². The lowest BCUT2D eigenvalue weighted by molar-refractivity contribution is -0.118. The summed E-state index contributed by atoms with van der Waals surface area (Å²) >= 11 is 6.08. The van der Waals surface area contributed by atoms with Crippen molar-refractivity contribution < 1.29 is 9.53 Å². The molecule has 0 atom stereocenters. The molecular formula is C16H17ClN2O2. The maximum Gasteiger partial charge on any atom is 0.262 e. The van der Waals surface area contributed by atoms with Gasteiger partial charge in [-0.1, -0.05) is 23.7 Å². The molecule has 0 aliphatic rings. The van der Waals surface area contributed by atoms with Gasteiger partial charge in [0.1, 0.15) is 5.75 Å². The lowest BCUT2D eigenvalue weighted by Crippen LogP contribution is -2.21. The van der Waals surface area contributed by atoms with Crippen molar-refractivity contribution in [3.63, 3.8) is 0 Å². The lowest BCUT2D eigenvalue weighted by atomic mass is 10.2. The minimum Gasteiger partial charge on any atom is -0.484 e. The van der Waals surface area contributed by atoms with Crippen molar-refractivity contribution in [1.29, 1.82) is 0 Å². The summed E-state index contributed by atoms with van der Waals surface area (Å²) in [6.45, 7) is 3.72. The maximum absolute atomic E-state index is 11.9. The van der Waals surface area contributed by atoms with E-state index in [-0.39, 0.29) is 12.5 Å². The van der Waals surface area contributed by atoms with Crippen molar-refractivity contribution in [2.75, 3.05) is 17.7 Å². The van der Waals surface area contributed by atoms with Crippen LogP contribution >= 0.6 is 11.6 Å². The van der Waals surface area contributed by atoms with E-state index in [1.54, 1.807) is 12.1 Å². The molecule has 21 heavy (non-hydrogen) atoms. The molecule has 0 unspecified atom stereocenters. The molecule has 0 saturated carbocycles. The van der Waals surface area contributed by atoms with E-state index in [1.807, 2.05) is 38.1 Å². The van der Waals surface area contributed by atoms with Crippen molar-refractivity contribution in [3.8, 4) is 5.75 Å². The average molecular weight is 305 g/mol. The van der Waals surface area contributed by atoms with Crippen LogP contribution in [0.1, 0.15) is 11.1 Å². The van der Waals surface area contributed by atoms with Crippen LogP contribution in [0.4, 0.5) is 11.4 Å². The van der Waals surface area contributed by atoms with Crippen molar-refractivity contribution in [2.24, 2.45) is 0 Å². The standard InChI is InChI=1S/C16H17ClN2O2/c1-10-4-3-5-13(6-10)21-9-15(20)19-16-11(2)7-12(18)8-14(16)17/h3-8H,9,18H2,1-2H3,(H,19,20). The van der Waals surface area contributed by atoms with E-state index in [0.29, 0.717) is 22.1 Å². The molecule has 0 aliphatic carbocycles. The largest absolute Gasteiger partial charge is 0.484 e. The Morgan fingerprint density at radius 2 is 2.05 bits per heavy atom. The first-order valence-electron chi connectivity index (χ1n) is 6.50. The average Bonchev–Trinajstić information content (AvgIpc) is 2.40. The van der Waals surface area contributed by atoms with Crippen LogP contribution in [0, 0.1) is 13.8 Å². The van der Waals surface area contributed by atoms with E-state index in [0.717, 1.165) is 11.1 Å². The number of nitrogen functional groups attached to an aromatic ring is 1. The molecule has 0 spiro atoms. The summed E-state index contributed by atoms with van der Waals surface area (Å²) in [6, 6.07) is 10.9. The molecule has 0 fully saturated rings. The van der Waals surface area contributed by atoms with Crippen LogP contribution in [0.25, 0.3) is 0 Å². The topological polar surface area (TPSA) is 64.3 Å². The molecule has 2 aromatic rings. The summed E-state index contributed by atoms with van der Waals surface area (Å²) in [5, 5.41) is 3.15. The highest BCUT2D eigenvalue weighted by Crippen LogP contribution is 2.28. The molecule has 4 nitrogen and oxygen atoms in total. The number of nitrogens with one attached hydrogen (secondary N) is 1. The number of carbonyl (C=O) groups excluding carboxylic acids is 1. The molecule has 2 aromatic carbocycles. The van der Waals surface area contributed by atoms with Gasteiger partial charge in [0.05, 0.1) is 10.7 Å². The lowest BCUT2D eigenvalue weighted by Gasteiger charge is -2.12. The van der Waals surface area contributed by atoms with Crippen molar-refractivity contribution in [3.05, 3.63) is 52.5 Å². The third-order valence-electron chi connectivity index (χ3n) is 2.93. The van der Waals surface area contributed by atoms with Crippen LogP contribution in [-0.2, 0) is 4.79 Å².